The van der Waals surface area contributed by atoms with Crippen LogP contribution >= 0.6 is 11.3 Å². The minimum absolute atomic E-state index is 0.880. The fourth-order valence-corrected chi connectivity index (χ4v) is 3.45. The predicted molar refractivity (Wildman–Crippen MR) is 84.7 cm³/mol. The van der Waals surface area contributed by atoms with Gasteiger partial charge in [-0.1, -0.05) is 23.5 Å². The first-order valence-corrected chi connectivity index (χ1v) is 8.05. The first-order valence-electron chi connectivity index (χ1n) is 7.23. The van der Waals surface area contributed by atoms with Crippen molar-refractivity contribution in [3.05, 3.63) is 23.8 Å². The molecule has 108 valence electrons. The molecule has 1 aromatic carbocycles. The van der Waals surface area contributed by atoms with Crippen molar-refractivity contribution < 1.29 is 4.74 Å². The van der Waals surface area contributed by atoms with Crippen LogP contribution in [0.2, 0.25) is 0 Å². The summed E-state index contributed by atoms with van der Waals surface area (Å²) in [5.41, 5.74) is 2.38. The summed E-state index contributed by atoms with van der Waals surface area (Å²) in [7, 11) is 0. The quantitative estimate of drug-likeness (QED) is 0.860. The first-order chi connectivity index (χ1) is 9.83. The van der Waals surface area contributed by atoms with Gasteiger partial charge in [0, 0.05) is 19.6 Å². The minimum atomic E-state index is 0.880. The number of aromatic nitrogens is 1. The number of thiazole rings is 1. The molecule has 0 atom stereocenters. The number of nitrogens with zero attached hydrogens (tertiary/aromatic N) is 2. The summed E-state index contributed by atoms with van der Waals surface area (Å²) >= 11 is 1.74. The Hall–Kier alpha value is -1.17. The van der Waals surface area contributed by atoms with Crippen LogP contribution in [0.4, 0.5) is 5.13 Å². The lowest BCUT2D eigenvalue weighted by atomic mass is 10.2. The fourth-order valence-electron chi connectivity index (χ4n) is 2.48. The molecule has 0 aliphatic carbocycles. The number of aryl methyl sites for hydroxylation is 1. The number of hydrogen-bond acceptors (Lipinski definition) is 5. The number of para-hydroxylation sites is 1. The molecular weight excluding hydrogens is 270 g/mol. The highest BCUT2D eigenvalue weighted by Gasteiger charge is 2.09. The SMILES string of the molecule is Cc1cccc2sc(NCCCN3CCOCC3)nc12. The lowest BCUT2D eigenvalue weighted by Crippen LogP contribution is -2.37. The number of fused-ring (bicyclic) bond motifs is 1. The second-order valence-electron chi connectivity index (χ2n) is 5.18. The van der Waals surface area contributed by atoms with Gasteiger partial charge in [-0.3, -0.25) is 4.90 Å². The number of hydrogen-bond donors (Lipinski definition) is 1. The van der Waals surface area contributed by atoms with E-state index in [4.69, 9.17) is 4.74 Å². The Bertz CT molecular complexity index is 563. The summed E-state index contributed by atoms with van der Waals surface area (Å²) in [5, 5.41) is 4.49. The molecule has 2 heterocycles. The van der Waals surface area contributed by atoms with Gasteiger partial charge in [-0.15, -0.1) is 0 Å². The van der Waals surface area contributed by atoms with Crippen LogP contribution in [0, 0.1) is 6.92 Å². The Morgan fingerprint density at radius 2 is 2.20 bits per heavy atom. The van der Waals surface area contributed by atoms with Crippen molar-refractivity contribution in [1.29, 1.82) is 0 Å². The second kappa shape index (κ2) is 6.52. The lowest BCUT2D eigenvalue weighted by Gasteiger charge is -2.26. The van der Waals surface area contributed by atoms with E-state index in [0.29, 0.717) is 0 Å². The van der Waals surface area contributed by atoms with Crippen molar-refractivity contribution in [1.82, 2.24) is 9.88 Å². The van der Waals surface area contributed by atoms with Gasteiger partial charge in [-0.2, -0.15) is 0 Å². The van der Waals surface area contributed by atoms with Gasteiger partial charge in [-0.25, -0.2) is 4.98 Å². The molecule has 0 radical (unpaired) electrons. The smallest absolute Gasteiger partial charge is 0.183 e. The van der Waals surface area contributed by atoms with Gasteiger partial charge in [0.05, 0.1) is 23.4 Å². The van der Waals surface area contributed by atoms with Crippen LogP contribution < -0.4 is 5.32 Å². The summed E-state index contributed by atoms with van der Waals surface area (Å²) < 4.78 is 6.62. The molecule has 1 fully saturated rings. The van der Waals surface area contributed by atoms with Crippen LogP contribution in [-0.2, 0) is 4.74 Å². The van der Waals surface area contributed by atoms with Gasteiger partial charge in [0.15, 0.2) is 5.13 Å². The molecule has 20 heavy (non-hydrogen) atoms. The molecule has 0 spiro atoms. The monoisotopic (exact) mass is 291 g/mol. The molecule has 1 aliphatic rings. The zero-order chi connectivity index (χ0) is 13.8. The molecule has 1 aromatic heterocycles. The summed E-state index contributed by atoms with van der Waals surface area (Å²) in [6.45, 7) is 8.14. The Morgan fingerprint density at radius 3 is 3.00 bits per heavy atom. The molecule has 3 rings (SSSR count). The number of benzene rings is 1. The first kappa shape index (κ1) is 13.8. The minimum Gasteiger partial charge on any atom is -0.379 e. The van der Waals surface area contributed by atoms with Gasteiger partial charge >= 0.3 is 0 Å². The molecule has 2 aromatic rings. The van der Waals surface area contributed by atoms with Crippen molar-refractivity contribution >= 4 is 26.7 Å². The van der Waals surface area contributed by atoms with Gasteiger partial charge in [0.2, 0.25) is 0 Å². The van der Waals surface area contributed by atoms with Crippen LogP contribution in [0.1, 0.15) is 12.0 Å². The standard InChI is InChI=1S/C15H21N3OS/c1-12-4-2-5-13-14(12)17-15(20-13)16-6-3-7-18-8-10-19-11-9-18/h2,4-5H,3,6-11H2,1H3,(H,16,17). The molecule has 4 nitrogen and oxygen atoms in total. The summed E-state index contributed by atoms with van der Waals surface area (Å²) in [6.07, 6.45) is 1.15. The van der Waals surface area contributed by atoms with E-state index < -0.39 is 0 Å². The Balaban J connectivity index is 1.48. The molecular formula is C15H21N3OS. The third-order valence-corrected chi connectivity index (χ3v) is 4.63. The predicted octanol–water partition coefficient (Wildman–Crippen LogP) is 2.74. The van der Waals surface area contributed by atoms with Crippen molar-refractivity contribution in [3.8, 4) is 0 Å². The van der Waals surface area contributed by atoms with Gasteiger partial charge in [0.25, 0.3) is 0 Å². The van der Waals surface area contributed by atoms with E-state index >= 15 is 0 Å². The van der Waals surface area contributed by atoms with E-state index in [0.717, 1.165) is 56.5 Å². The second-order valence-corrected chi connectivity index (χ2v) is 6.21. The maximum Gasteiger partial charge on any atom is 0.183 e. The largest absolute Gasteiger partial charge is 0.379 e. The molecule has 1 saturated heterocycles. The van der Waals surface area contributed by atoms with Crippen LogP contribution in [0.25, 0.3) is 10.2 Å². The number of nitrogens with one attached hydrogen (secondary N) is 1. The third kappa shape index (κ3) is 3.29. The molecule has 0 bridgehead atoms. The van der Waals surface area contributed by atoms with E-state index in [1.54, 1.807) is 11.3 Å². The van der Waals surface area contributed by atoms with Gasteiger partial charge in [-0.05, 0) is 31.5 Å². The molecule has 1 N–H and O–H groups in total. The summed E-state index contributed by atoms with van der Waals surface area (Å²) in [5.74, 6) is 0. The summed E-state index contributed by atoms with van der Waals surface area (Å²) in [6, 6.07) is 6.35. The van der Waals surface area contributed by atoms with E-state index in [-0.39, 0.29) is 0 Å². The molecule has 0 unspecified atom stereocenters. The van der Waals surface area contributed by atoms with Crippen LogP contribution in [0.5, 0.6) is 0 Å². The maximum absolute atomic E-state index is 5.35. The Kier molecular flexibility index (Phi) is 4.50. The van der Waals surface area contributed by atoms with E-state index in [1.807, 2.05) is 0 Å². The van der Waals surface area contributed by atoms with Gasteiger partial charge < -0.3 is 10.1 Å². The lowest BCUT2D eigenvalue weighted by molar-refractivity contribution is 0.0378. The normalized spacial score (nSPS) is 16.6. The molecule has 5 heteroatoms. The number of anilines is 1. The number of ether oxygens (including phenoxy) is 1. The van der Waals surface area contributed by atoms with E-state index in [9.17, 15) is 0 Å². The van der Waals surface area contributed by atoms with Crippen LogP contribution in [0.15, 0.2) is 18.2 Å². The Morgan fingerprint density at radius 1 is 1.35 bits per heavy atom. The zero-order valence-electron chi connectivity index (χ0n) is 11.9. The van der Waals surface area contributed by atoms with Gasteiger partial charge in [0.1, 0.15) is 0 Å². The average Bonchev–Trinajstić information content (AvgIpc) is 2.89. The average molecular weight is 291 g/mol. The number of morpholine rings is 1. The number of rotatable bonds is 5. The van der Waals surface area contributed by atoms with E-state index in [2.05, 4.69) is 40.3 Å². The maximum atomic E-state index is 5.35. The highest BCUT2D eigenvalue weighted by molar-refractivity contribution is 7.22. The highest BCUT2D eigenvalue weighted by Crippen LogP contribution is 2.27. The third-order valence-electron chi connectivity index (χ3n) is 3.65. The van der Waals surface area contributed by atoms with E-state index in [1.165, 1.54) is 10.3 Å². The van der Waals surface area contributed by atoms with Crippen molar-refractivity contribution in [2.75, 3.05) is 44.7 Å². The van der Waals surface area contributed by atoms with Crippen LogP contribution in [0.3, 0.4) is 0 Å². The topological polar surface area (TPSA) is 37.4 Å². The fraction of sp³-hybridized carbons (Fsp3) is 0.533. The van der Waals surface area contributed by atoms with Crippen molar-refractivity contribution in [2.45, 2.75) is 13.3 Å². The molecule has 0 saturated carbocycles. The molecule has 0 amide bonds. The summed E-state index contributed by atoms with van der Waals surface area (Å²) in [4.78, 5) is 7.14. The van der Waals surface area contributed by atoms with Crippen LogP contribution in [-0.4, -0.2) is 49.3 Å². The molecule has 1 aliphatic heterocycles. The van der Waals surface area contributed by atoms with Crippen molar-refractivity contribution in [3.63, 3.8) is 0 Å². The Labute approximate surface area is 123 Å². The van der Waals surface area contributed by atoms with Crippen molar-refractivity contribution in [2.24, 2.45) is 0 Å². The highest BCUT2D eigenvalue weighted by atomic mass is 32.1. The zero-order valence-corrected chi connectivity index (χ0v) is 12.7.